The zero-order valence-corrected chi connectivity index (χ0v) is 12.2. The minimum Gasteiger partial charge on any atom is -0.542 e. The highest BCUT2D eigenvalue weighted by Gasteiger charge is 2.28. The van der Waals surface area contributed by atoms with Crippen molar-refractivity contribution in [2.75, 3.05) is 7.11 Å². The van der Waals surface area contributed by atoms with Crippen molar-refractivity contribution in [1.29, 1.82) is 0 Å². The Hall–Kier alpha value is -3.11. The zero-order chi connectivity index (χ0) is 18.2. The van der Waals surface area contributed by atoms with Crippen LogP contribution in [0.25, 0.3) is 11.3 Å². The molecule has 0 saturated carbocycles. The van der Waals surface area contributed by atoms with Gasteiger partial charge in [0.05, 0.1) is 12.8 Å². The second-order valence-electron chi connectivity index (χ2n) is 4.07. The lowest BCUT2D eigenvalue weighted by molar-refractivity contribution is -0.743. The van der Waals surface area contributed by atoms with Crippen LogP contribution < -0.4 is 9.79 Å². The molecule has 0 saturated heterocycles. The SMILES string of the molecule is COC(=O)C[n+]1ccc(-c2ccncn2)cn1.O=C([O-])C(F)(F)F. The number of carboxylic acids is 1. The van der Waals surface area contributed by atoms with Crippen molar-refractivity contribution in [2.45, 2.75) is 12.7 Å². The van der Waals surface area contributed by atoms with E-state index >= 15 is 0 Å². The van der Waals surface area contributed by atoms with E-state index in [1.807, 2.05) is 6.07 Å². The molecule has 0 N–H and O–H groups in total. The number of carboxylic acid groups (broad SMARTS) is 1. The number of hydrogen-bond acceptors (Lipinski definition) is 7. The molecule has 0 fully saturated rings. The van der Waals surface area contributed by atoms with E-state index in [-0.39, 0.29) is 12.5 Å². The van der Waals surface area contributed by atoms with Gasteiger partial charge in [-0.2, -0.15) is 13.2 Å². The summed E-state index contributed by atoms with van der Waals surface area (Å²) < 4.78 is 37.6. The van der Waals surface area contributed by atoms with E-state index in [0.717, 1.165) is 11.3 Å². The third-order valence-electron chi connectivity index (χ3n) is 2.40. The number of aliphatic carboxylic acids is 1. The summed E-state index contributed by atoms with van der Waals surface area (Å²) >= 11 is 0. The maximum absolute atomic E-state index is 11.0. The number of hydrogen-bond donors (Lipinski definition) is 0. The van der Waals surface area contributed by atoms with Gasteiger partial charge in [-0.25, -0.2) is 14.8 Å². The lowest BCUT2D eigenvalue weighted by atomic mass is 10.2. The molecule has 0 aromatic carbocycles. The largest absolute Gasteiger partial charge is 0.542 e. The van der Waals surface area contributed by atoms with Crippen LogP contribution in [0.15, 0.2) is 37.1 Å². The maximum atomic E-state index is 11.0. The molecular weight excluding hydrogens is 333 g/mol. The van der Waals surface area contributed by atoms with Gasteiger partial charge < -0.3 is 14.6 Å². The van der Waals surface area contributed by atoms with Gasteiger partial charge in [0.2, 0.25) is 0 Å². The number of aromatic nitrogens is 4. The van der Waals surface area contributed by atoms with Crippen LogP contribution in [0, 0.1) is 0 Å². The summed E-state index contributed by atoms with van der Waals surface area (Å²) in [5, 5.41) is 12.9. The van der Waals surface area contributed by atoms with Crippen molar-refractivity contribution in [3.63, 3.8) is 0 Å². The van der Waals surface area contributed by atoms with Crippen molar-refractivity contribution in [1.82, 2.24) is 15.1 Å². The van der Waals surface area contributed by atoms with E-state index in [0.29, 0.717) is 0 Å². The lowest BCUT2D eigenvalue weighted by Gasteiger charge is -2.03. The average molecular weight is 344 g/mol. The Morgan fingerprint density at radius 2 is 2.00 bits per heavy atom. The van der Waals surface area contributed by atoms with Gasteiger partial charge >= 0.3 is 12.1 Å². The van der Waals surface area contributed by atoms with Crippen LogP contribution in [-0.2, 0) is 20.9 Å². The van der Waals surface area contributed by atoms with Crippen molar-refractivity contribution >= 4 is 11.9 Å². The molecule has 8 nitrogen and oxygen atoms in total. The van der Waals surface area contributed by atoms with Gasteiger partial charge in [0.25, 0.3) is 6.54 Å². The third-order valence-corrected chi connectivity index (χ3v) is 2.40. The van der Waals surface area contributed by atoms with Crippen LogP contribution in [0.5, 0.6) is 0 Å². The van der Waals surface area contributed by atoms with Gasteiger partial charge in [-0.15, -0.1) is 0 Å². The number of alkyl halides is 3. The molecule has 0 radical (unpaired) electrons. The molecule has 0 unspecified atom stereocenters. The Kier molecular flexibility index (Phi) is 6.71. The Morgan fingerprint density at radius 3 is 2.42 bits per heavy atom. The first kappa shape index (κ1) is 18.9. The quantitative estimate of drug-likeness (QED) is 0.535. The smallest absolute Gasteiger partial charge is 0.430 e. The number of carbonyl (C=O) groups excluding carboxylic acids is 2. The topological polar surface area (TPSA) is 109 Å². The van der Waals surface area contributed by atoms with Crippen LogP contribution in [0.3, 0.4) is 0 Å². The molecule has 2 heterocycles. The Labute approximate surface area is 133 Å². The van der Waals surface area contributed by atoms with E-state index in [1.165, 1.54) is 18.1 Å². The van der Waals surface area contributed by atoms with Crippen molar-refractivity contribution in [3.8, 4) is 11.3 Å². The Morgan fingerprint density at radius 1 is 1.33 bits per heavy atom. The van der Waals surface area contributed by atoms with Crippen LogP contribution >= 0.6 is 0 Å². The highest BCUT2D eigenvalue weighted by atomic mass is 19.4. The Bertz CT molecular complexity index is 678. The minimum absolute atomic E-state index is 0.0978. The molecular formula is C13H11F3N4O4. The molecule has 2 aromatic rings. The lowest BCUT2D eigenvalue weighted by Crippen LogP contribution is -2.41. The fourth-order valence-corrected chi connectivity index (χ4v) is 1.29. The monoisotopic (exact) mass is 344 g/mol. The predicted octanol–water partition coefficient (Wildman–Crippen LogP) is -0.702. The van der Waals surface area contributed by atoms with Gasteiger partial charge in [-0.1, -0.05) is 4.68 Å². The number of nitrogens with zero attached hydrogens (tertiary/aromatic N) is 4. The number of ether oxygens (including phenoxy) is 1. The molecule has 2 rings (SSSR count). The molecule has 11 heteroatoms. The van der Waals surface area contributed by atoms with E-state index in [2.05, 4.69) is 19.8 Å². The van der Waals surface area contributed by atoms with Crippen LogP contribution in [-0.4, -0.2) is 40.3 Å². The summed E-state index contributed by atoms with van der Waals surface area (Å²) in [4.78, 5) is 27.8. The van der Waals surface area contributed by atoms with E-state index in [1.54, 1.807) is 24.7 Å². The fourth-order valence-electron chi connectivity index (χ4n) is 1.29. The second-order valence-corrected chi connectivity index (χ2v) is 4.07. The highest BCUT2D eigenvalue weighted by molar-refractivity contribution is 5.70. The molecule has 0 aliphatic rings. The maximum Gasteiger partial charge on any atom is 0.430 e. The zero-order valence-electron chi connectivity index (χ0n) is 12.2. The second kappa shape index (κ2) is 8.50. The van der Waals surface area contributed by atoms with Crippen molar-refractivity contribution in [2.24, 2.45) is 0 Å². The summed E-state index contributed by atoms with van der Waals surface area (Å²) in [5.41, 5.74) is 1.66. The first-order valence-corrected chi connectivity index (χ1v) is 6.21. The molecule has 0 spiro atoms. The van der Waals surface area contributed by atoms with Gasteiger partial charge in [0, 0.05) is 17.8 Å². The summed E-state index contributed by atoms with van der Waals surface area (Å²) in [7, 11) is 1.35. The molecule has 0 atom stereocenters. The summed E-state index contributed by atoms with van der Waals surface area (Å²) in [6.07, 6.45) is 1.29. The van der Waals surface area contributed by atoms with E-state index < -0.39 is 12.1 Å². The third kappa shape index (κ3) is 6.34. The molecule has 2 aromatic heterocycles. The molecule has 0 bridgehead atoms. The van der Waals surface area contributed by atoms with Crippen LogP contribution in [0.2, 0.25) is 0 Å². The number of halogens is 3. The van der Waals surface area contributed by atoms with Crippen molar-refractivity contribution in [3.05, 3.63) is 37.1 Å². The molecule has 128 valence electrons. The molecule has 24 heavy (non-hydrogen) atoms. The van der Waals surface area contributed by atoms with E-state index in [9.17, 15) is 18.0 Å². The molecule has 0 amide bonds. The Balaban J connectivity index is 0.000000351. The fraction of sp³-hybridized carbons (Fsp3) is 0.231. The minimum atomic E-state index is -5.19. The number of esters is 1. The summed E-state index contributed by atoms with van der Waals surface area (Å²) in [6.45, 7) is 0.0978. The number of carbonyl (C=O) groups is 2. The highest BCUT2D eigenvalue weighted by Crippen LogP contribution is 2.12. The number of rotatable bonds is 3. The molecule has 0 aliphatic carbocycles. The standard InChI is InChI=1S/C11H11N4O2.C2HF3O2/c1-17-11(16)7-15-5-3-9(6-14-15)10-2-4-12-8-13-10;3-2(4,5)1(6)7/h2-6,8H,7H2,1H3;(H,6,7)/q+1;/p-1. The van der Waals surface area contributed by atoms with Gasteiger partial charge in [0.1, 0.15) is 18.5 Å². The van der Waals surface area contributed by atoms with Crippen LogP contribution in [0.4, 0.5) is 13.2 Å². The van der Waals surface area contributed by atoms with Crippen molar-refractivity contribution < 1.29 is 37.3 Å². The van der Waals surface area contributed by atoms with E-state index in [4.69, 9.17) is 9.90 Å². The molecule has 0 aliphatic heterocycles. The van der Waals surface area contributed by atoms with Gasteiger partial charge in [0.15, 0.2) is 6.20 Å². The predicted molar refractivity (Wildman–Crippen MR) is 68.5 cm³/mol. The number of methoxy groups -OCH3 is 1. The van der Waals surface area contributed by atoms with Gasteiger partial charge in [-0.05, 0) is 11.2 Å². The summed E-state index contributed by atoms with van der Waals surface area (Å²) in [5.74, 6) is -3.34. The summed E-state index contributed by atoms with van der Waals surface area (Å²) in [6, 6.07) is 3.62. The normalized spacial score (nSPS) is 10.3. The first-order valence-electron chi connectivity index (χ1n) is 6.21. The first-order chi connectivity index (χ1) is 11.2. The van der Waals surface area contributed by atoms with Crippen LogP contribution in [0.1, 0.15) is 0 Å². The van der Waals surface area contributed by atoms with Gasteiger partial charge in [-0.3, -0.25) is 0 Å². The average Bonchev–Trinajstić information content (AvgIpc) is 2.56.